The second-order valence-corrected chi connectivity index (χ2v) is 7.98. The number of rotatable bonds is 5. The van der Waals surface area contributed by atoms with Crippen LogP contribution in [0.4, 0.5) is 0 Å². The van der Waals surface area contributed by atoms with Gasteiger partial charge in [0.15, 0.2) is 0 Å². The van der Waals surface area contributed by atoms with Gasteiger partial charge in [0.1, 0.15) is 11.6 Å². The first kappa shape index (κ1) is 19.8. The molecule has 0 fully saturated rings. The molecule has 140 valence electrons. The van der Waals surface area contributed by atoms with Gasteiger partial charge < -0.3 is 4.74 Å². The number of benzene rings is 2. The Hall–Kier alpha value is -1.99. The highest BCUT2D eigenvalue weighted by Gasteiger charge is 2.09. The van der Waals surface area contributed by atoms with Gasteiger partial charge in [-0.25, -0.2) is 4.98 Å². The van der Waals surface area contributed by atoms with Crippen molar-refractivity contribution in [3.05, 3.63) is 67.1 Å². The van der Waals surface area contributed by atoms with Crippen molar-refractivity contribution in [3.8, 4) is 5.75 Å². The first-order valence-corrected chi connectivity index (χ1v) is 10.2. The second kappa shape index (κ2) is 8.35. The van der Waals surface area contributed by atoms with Crippen LogP contribution in [0.2, 0.25) is 0 Å². The van der Waals surface area contributed by atoms with Crippen molar-refractivity contribution in [2.24, 2.45) is 5.10 Å². The predicted molar refractivity (Wildman–Crippen MR) is 116 cm³/mol. The fourth-order valence-electron chi connectivity index (χ4n) is 2.51. The molecule has 2 aromatic carbocycles. The molecule has 0 aliphatic rings. The molecule has 1 heterocycles. The lowest BCUT2D eigenvalue weighted by Crippen LogP contribution is -2.20. The molecule has 1 aromatic heterocycles. The highest BCUT2D eigenvalue weighted by atomic mass is 79.9. The van der Waals surface area contributed by atoms with Gasteiger partial charge in [-0.05, 0) is 78.2 Å². The van der Waals surface area contributed by atoms with Gasteiger partial charge in [0, 0.05) is 4.47 Å². The van der Waals surface area contributed by atoms with E-state index >= 15 is 0 Å². The number of halogens is 2. The van der Waals surface area contributed by atoms with Gasteiger partial charge in [-0.3, -0.25) is 4.79 Å². The van der Waals surface area contributed by atoms with Crippen LogP contribution in [0.5, 0.6) is 5.75 Å². The standard InChI is InChI=1S/C20H19Br2N3O2/c1-4-12(2)27-19-8-5-14(9-17(19)22)11-23-25-13(3)24-18-7-6-15(21)10-16(18)20(25)26/h5-12H,4H2,1-3H3/t12-/m0/s1. The Bertz CT molecular complexity index is 1080. The molecule has 3 rings (SSSR count). The molecule has 3 aromatic rings. The number of fused-ring (bicyclic) bond motifs is 1. The molecule has 0 aliphatic heterocycles. The lowest BCUT2D eigenvalue weighted by molar-refractivity contribution is 0.216. The van der Waals surface area contributed by atoms with E-state index in [0.29, 0.717) is 16.7 Å². The highest BCUT2D eigenvalue weighted by molar-refractivity contribution is 9.10. The van der Waals surface area contributed by atoms with Crippen LogP contribution in [0, 0.1) is 6.92 Å². The maximum atomic E-state index is 12.8. The minimum atomic E-state index is -0.203. The summed E-state index contributed by atoms with van der Waals surface area (Å²) in [5.74, 6) is 1.31. The fraction of sp³-hybridized carbons (Fsp3) is 0.250. The number of hydrogen-bond donors (Lipinski definition) is 0. The molecule has 0 radical (unpaired) electrons. The van der Waals surface area contributed by atoms with Gasteiger partial charge in [0.05, 0.1) is 27.7 Å². The Balaban J connectivity index is 1.94. The van der Waals surface area contributed by atoms with Crippen LogP contribution in [-0.4, -0.2) is 22.0 Å². The van der Waals surface area contributed by atoms with E-state index in [1.54, 1.807) is 19.2 Å². The molecule has 27 heavy (non-hydrogen) atoms. The normalized spacial score (nSPS) is 12.6. The van der Waals surface area contributed by atoms with Crippen molar-refractivity contribution in [2.45, 2.75) is 33.3 Å². The number of aryl methyl sites for hydroxylation is 1. The van der Waals surface area contributed by atoms with Crippen LogP contribution in [0.15, 0.2) is 55.2 Å². The number of hydrogen-bond acceptors (Lipinski definition) is 4. The fourth-order valence-corrected chi connectivity index (χ4v) is 3.36. The van der Waals surface area contributed by atoms with Gasteiger partial charge in [-0.1, -0.05) is 22.9 Å². The van der Waals surface area contributed by atoms with Gasteiger partial charge in [0.2, 0.25) is 0 Å². The topological polar surface area (TPSA) is 56.5 Å². The zero-order valence-corrected chi connectivity index (χ0v) is 18.4. The molecule has 5 nitrogen and oxygen atoms in total. The van der Waals surface area contributed by atoms with Crippen molar-refractivity contribution < 1.29 is 4.74 Å². The van der Waals surface area contributed by atoms with Crippen molar-refractivity contribution in [2.75, 3.05) is 0 Å². The third-order valence-electron chi connectivity index (χ3n) is 4.15. The third-order valence-corrected chi connectivity index (χ3v) is 5.26. The van der Waals surface area contributed by atoms with Crippen molar-refractivity contribution in [3.63, 3.8) is 0 Å². The summed E-state index contributed by atoms with van der Waals surface area (Å²) in [4.78, 5) is 17.2. The summed E-state index contributed by atoms with van der Waals surface area (Å²) in [5, 5.41) is 4.86. The number of aromatic nitrogens is 2. The number of ether oxygens (including phenoxy) is 1. The van der Waals surface area contributed by atoms with Gasteiger partial charge in [0.25, 0.3) is 5.56 Å². The average Bonchev–Trinajstić information content (AvgIpc) is 2.64. The Kier molecular flexibility index (Phi) is 6.11. The summed E-state index contributed by atoms with van der Waals surface area (Å²) in [5.41, 5.74) is 1.30. The summed E-state index contributed by atoms with van der Waals surface area (Å²) in [6.45, 7) is 5.87. The maximum Gasteiger partial charge on any atom is 0.282 e. The van der Waals surface area contributed by atoms with E-state index in [2.05, 4.69) is 48.9 Å². The van der Waals surface area contributed by atoms with E-state index in [1.807, 2.05) is 37.3 Å². The van der Waals surface area contributed by atoms with Crippen LogP contribution < -0.4 is 10.3 Å². The highest BCUT2D eigenvalue weighted by Crippen LogP contribution is 2.27. The monoisotopic (exact) mass is 491 g/mol. The van der Waals surface area contributed by atoms with Crippen LogP contribution >= 0.6 is 31.9 Å². The van der Waals surface area contributed by atoms with Crippen LogP contribution in [0.1, 0.15) is 31.7 Å². The predicted octanol–water partition coefficient (Wildman–Crippen LogP) is 5.29. The van der Waals surface area contributed by atoms with E-state index in [9.17, 15) is 4.79 Å². The molecule has 0 bridgehead atoms. The molecule has 0 N–H and O–H groups in total. The van der Waals surface area contributed by atoms with Crippen LogP contribution in [0.25, 0.3) is 10.9 Å². The SMILES string of the molecule is CC[C@H](C)Oc1ccc(C=Nn2c(C)nc3ccc(Br)cc3c2=O)cc1Br. The molecule has 0 spiro atoms. The molecule has 0 unspecified atom stereocenters. The molecule has 0 amide bonds. The summed E-state index contributed by atoms with van der Waals surface area (Å²) < 4.78 is 8.83. The molecular formula is C20H19Br2N3O2. The van der Waals surface area contributed by atoms with E-state index in [-0.39, 0.29) is 11.7 Å². The maximum absolute atomic E-state index is 12.8. The van der Waals surface area contributed by atoms with E-state index < -0.39 is 0 Å². The third kappa shape index (κ3) is 4.47. The average molecular weight is 493 g/mol. The lowest BCUT2D eigenvalue weighted by Gasteiger charge is -2.14. The van der Waals surface area contributed by atoms with Gasteiger partial charge in [-0.2, -0.15) is 9.78 Å². The summed E-state index contributed by atoms with van der Waals surface area (Å²) in [7, 11) is 0. The summed E-state index contributed by atoms with van der Waals surface area (Å²) in [6, 6.07) is 11.1. The van der Waals surface area contributed by atoms with Crippen molar-refractivity contribution >= 4 is 49.0 Å². The first-order valence-electron chi connectivity index (χ1n) is 8.58. The lowest BCUT2D eigenvalue weighted by atomic mass is 10.2. The Morgan fingerprint density at radius 1 is 1.26 bits per heavy atom. The zero-order chi connectivity index (χ0) is 19.6. The van der Waals surface area contributed by atoms with Crippen LogP contribution in [0.3, 0.4) is 0 Å². The molecule has 0 saturated carbocycles. The Labute approximate surface area is 174 Å². The van der Waals surface area contributed by atoms with Crippen molar-refractivity contribution in [1.82, 2.24) is 9.66 Å². The van der Waals surface area contributed by atoms with E-state index in [0.717, 1.165) is 26.7 Å². The van der Waals surface area contributed by atoms with Crippen LogP contribution in [-0.2, 0) is 0 Å². The molecule has 0 aliphatic carbocycles. The number of nitrogens with zero attached hydrogens (tertiary/aromatic N) is 3. The van der Waals surface area contributed by atoms with Crippen molar-refractivity contribution in [1.29, 1.82) is 0 Å². The minimum absolute atomic E-state index is 0.144. The summed E-state index contributed by atoms with van der Waals surface area (Å²) in [6.07, 6.45) is 2.71. The smallest absolute Gasteiger partial charge is 0.282 e. The second-order valence-electron chi connectivity index (χ2n) is 6.21. The minimum Gasteiger partial charge on any atom is -0.490 e. The summed E-state index contributed by atoms with van der Waals surface area (Å²) >= 11 is 6.92. The molecular weight excluding hydrogens is 474 g/mol. The van der Waals surface area contributed by atoms with Gasteiger partial charge in [-0.15, -0.1) is 0 Å². The molecule has 7 heteroatoms. The van der Waals surface area contributed by atoms with E-state index in [1.165, 1.54) is 4.68 Å². The first-order chi connectivity index (χ1) is 12.9. The molecule has 0 saturated heterocycles. The quantitative estimate of drug-likeness (QED) is 0.454. The Morgan fingerprint density at radius 3 is 2.74 bits per heavy atom. The zero-order valence-electron chi connectivity index (χ0n) is 15.2. The molecule has 1 atom stereocenters. The largest absolute Gasteiger partial charge is 0.490 e. The Morgan fingerprint density at radius 2 is 2.04 bits per heavy atom. The van der Waals surface area contributed by atoms with Gasteiger partial charge >= 0.3 is 0 Å². The van der Waals surface area contributed by atoms with E-state index in [4.69, 9.17) is 4.74 Å².